The van der Waals surface area contributed by atoms with Crippen LogP contribution in [-0.2, 0) is 28.6 Å². The summed E-state index contributed by atoms with van der Waals surface area (Å²) in [5.41, 5.74) is 0. The second kappa shape index (κ2) is 58.9. The molecule has 0 aromatic rings. The highest BCUT2D eigenvalue weighted by Gasteiger charge is 2.19. The Morgan fingerprint density at radius 3 is 0.859 bits per heavy atom. The third-order valence-corrected chi connectivity index (χ3v) is 12.5. The van der Waals surface area contributed by atoms with Gasteiger partial charge in [-0.15, -0.1) is 0 Å². The van der Waals surface area contributed by atoms with Gasteiger partial charge in [0.15, 0.2) is 6.10 Å². The van der Waals surface area contributed by atoms with Gasteiger partial charge in [-0.05, 0) is 122 Å². The normalized spacial score (nSPS) is 12.8. The number of carbonyl (C=O) groups is 3. The Morgan fingerprint density at radius 2 is 0.549 bits per heavy atom. The van der Waals surface area contributed by atoms with Crippen molar-refractivity contribution in [1.29, 1.82) is 0 Å². The zero-order chi connectivity index (χ0) is 51.4. The highest BCUT2D eigenvalue weighted by Crippen LogP contribution is 2.15. The second-order valence-electron chi connectivity index (χ2n) is 19.5. The van der Waals surface area contributed by atoms with Gasteiger partial charge >= 0.3 is 17.9 Å². The van der Waals surface area contributed by atoms with Gasteiger partial charge in [-0.25, -0.2) is 0 Å². The van der Waals surface area contributed by atoms with Crippen molar-refractivity contribution in [2.75, 3.05) is 13.2 Å². The van der Waals surface area contributed by atoms with Crippen molar-refractivity contribution in [1.82, 2.24) is 0 Å². The topological polar surface area (TPSA) is 78.9 Å². The zero-order valence-electron chi connectivity index (χ0n) is 46.5. The van der Waals surface area contributed by atoms with Crippen LogP contribution in [0.1, 0.15) is 278 Å². The Bertz CT molecular complexity index is 1410. The summed E-state index contributed by atoms with van der Waals surface area (Å²) in [6.07, 6.45) is 78.2. The van der Waals surface area contributed by atoms with E-state index in [0.717, 1.165) is 116 Å². The molecule has 0 unspecified atom stereocenters. The van der Waals surface area contributed by atoms with Crippen LogP contribution in [-0.4, -0.2) is 37.2 Å². The molecule has 6 nitrogen and oxygen atoms in total. The molecule has 0 aliphatic carbocycles. The van der Waals surface area contributed by atoms with Crippen molar-refractivity contribution in [2.45, 2.75) is 284 Å². The van der Waals surface area contributed by atoms with E-state index in [9.17, 15) is 14.4 Å². The van der Waals surface area contributed by atoms with Crippen LogP contribution in [0.5, 0.6) is 0 Å². The maximum absolute atomic E-state index is 12.9. The van der Waals surface area contributed by atoms with Crippen LogP contribution in [0.25, 0.3) is 0 Å². The van der Waals surface area contributed by atoms with Gasteiger partial charge in [-0.3, -0.25) is 14.4 Å². The molecule has 406 valence electrons. The average Bonchev–Trinajstić information content (AvgIpc) is 3.37. The fourth-order valence-electron chi connectivity index (χ4n) is 8.08. The molecule has 0 heterocycles. The summed E-state index contributed by atoms with van der Waals surface area (Å²) < 4.78 is 16.9. The van der Waals surface area contributed by atoms with E-state index in [2.05, 4.69) is 118 Å². The average molecular weight is 988 g/mol. The molecule has 0 aliphatic rings. The maximum Gasteiger partial charge on any atom is 0.306 e. The summed E-state index contributed by atoms with van der Waals surface area (Å²) in [7, 11) is 0. The quantitative estimate of drug-likeness (QED) is 0.0261. The lowest BCUT2D eigenvalue weighted by Crippen LogP contribution is -2.30. The van der Waals surface area contributed by atoms with Gasteiger partial charge in [0.1, 0.15) is 13.2 Å². The first-order valence-electron chi connectivity index (χ1n) is 29.7. The van der Waals surface area contributed by atoms with Crippen LogP contribution in [0.2, 0.25) is 0 Å². The summed E-state index contributed by atoms with van der Waals surface area (Å²) in [5.74, 6) is -0.922. The van der Waals surface area contributed by atoms with E-state index in [4.69, 9.17) is 14.2 Å². The molecule has 0 saturated carbocycles. The number of ether oxygens (including phenoxy) is 3. The molecule has 0 fully saturated rings. The number of rotatable bonds is 53. The van der Waals surface area contributed by atoms with Crippen molar-refractivity contribution in [2.24, 2.45) is 0 Å². The highest BCUT2D eigenvalue weighted by atomic mass is 16.6. The summed E-state index contributed by atoms with van der Waals surface area (Å²) in [6, 6.07) is 0. The third-order valence-electron chi connectivity index (χ3n) is 12.5. The molecule has 0 rings (SSSR count). The van der Waals surface area contributed by atoms with E-state index < -0.39 is 6.10 Å². The van der Waals surface area contributed by atoms with Crippen LogP contribution >= 0.6 is 0 Å². The monoisotopic (exact) mass is 987 g/mol. The predicted octanol–water partition coefficient (Wildman–Crippen LogP) is 20.1. The third kappa shape index (κ3) is 57.1. The molecular weight excluding hydrogens is 877 g/mol. The molecule has 0 saturated heterocycles. The zero-order valence-corrected chi connectivity index (χ0v) is 46.5. The fraction of sp³-hybridized carbons (Fsp3) is 0.708. The van der Waals surface area contributed by atoms with Gasteiger partial charge in [0.2, 0.25) is 0 Å². The Morgan fingerprint density at radius 1 is 0.296 bits per heavy atom. The first kappa shape index (κ1) is 67.3. The molecule has 0 aromatic carbocycles. The van der Waals surface area contributed by atoms with Crippen molar-refractivity contribution < 1.29 is 28.6 Å². The summed E-state index contributed by atoms with van der Waals surface area (Å²) >= 11 is 0. The predicted molar refractivity (Wildman–Crippen MR) is 307 cm³/mol. The fourth-order valence-corrected chi connectivity index (χ4v) is 8.08. The van der Waals surface area contributed by atoms with Crippen molar-refractivity contribution in [3.63, 3.8) is 0 Å². The van der Waals surface area contributed by atoms with E-state index in [-0.39, 0.29) is 31.1 Å². The van der Waals surface area contributed by atoms with Gasteiger partial charge in [0.25, 0.3) is 0 Å². The molecule has 0 N–H and O–H groups in total. The molecule has 0 bridgehead atoms. The minimum absolute atomic E-state index is 0.0912. The van der Waals surface area contributed by atoms with Crippen molar-refractivity contribution in [3.8, 4) is 0 Å². The van der Waals surface area contributed by atoms with Gasteiger partial charge in [-0.2, -0.15) is 0 Å². The Labute approximate surface area is 438 Å². The van der Waals surface area contributed by atoms with E-state index in [0.29, 0.717) is 19.3 Å². The molecule has 0 aliphatic heterocycles. The molecule has 6 heteroatoms. The smallest absolute Gasteiger partial charge is 0.306 e. The van der Waals surface area contributed by atoms with Gasteiger partial charge in [-0.1, -0.05) is 234 Å². The molecular formula is C65H110O6. The molecule has 0 radical (unpaired) electrons. The first-order valence-corrected chi connectivity index (χ1v) is 29.7. The highest BCUT2D eigenvalue weighted by molar-refractivity contribution is 5.71. The SMILES string of the molecule is CC/C=C\C/C=C\C/C=C\C/C=C\CCCCCCC(=O)OC[C@H](COC(=O)CCCCCCCCCCC/C=C\C/C=C\CCCCC)OC(=O)CCCCCCCCC/C=C\C/C=C\CCCCC. The van der Waals surface area contributed by atoms with Gasteiger partial charge in [0.05, 0.1) is 0 Å². The van der Waals surface area contributed by atoms with Gasteiger partial charge < -0.3 is 14.2 Å². The Balaban J connectivity index is 4.44. The van der Waals surface area contributed by atoms with Crippen molar-refractivity contribution >= 4 is 17.9 Å². The lowest BCUT2D eigenvalue weighted by atomic mass is 10.1. The van der Waals surface area contributed by atoms with Crippen LogP contribution in [0, 0.1) is 0 Å². The van der Waals surface area contributed by atoms with E-state index >= 15 is 0 Å². The summed E-state index contributed by atoms with van der Waals surface area (Å²) in [4.78, 5) is 38.2. The van der Waals surface area contributed by atoms with E-state index in [1.807, 2.05) is 0 Å². The summed E-state index contributed by atoms with van der Waals surface area (Å²) in [6.45, 7) is 6.46. The molecule has 71 heavy (non-hydrogen) atoms. The number of allylic oxidation sites excluding steroid dienone is 16. The number of hydrogen-bond acceptors (Lipinski definition) is 6. The minimum atomic E-state index is -0.796. The largest absolute Gasteiger partial charge is 0.462 e. The standard InChI is InChI=1S/C65H110O6/c1-4-7-10-13-16-19-22-25-28-31-32-35-37-40-43-46-49-52-55-58-64(67)70-61-62(71-65(68)59-56-53-50-47-44-41-38-34-30-27-24-21-18-15-12-9-6-3)60-69-63(66)57-54-51-48-45-42-39-36-33-29-26-23-20-17-14-11-8-5-2/h8,11,16-21,25-30,36,39,62H,4-7,9-10,12-15,22-24,31-35,37-38,40-61H2,1-3H3/b11-8-,19-16-,20-17-,21-18-,28-25-,29-26-,30-27-,39-36-/t62-/m1/s1. The minimum Gasteiger partial charge on any atom is -0.462 e. The Hall–Kier alpha value is -3.67. The molecule has 0 spiro atoms. The van der Waals surface area contributed by atoms with Gasteiger partial charge in [0, 0.05) is 19.3 Å². The lowest BCUT2D eigenvalue weighted by Gasteiger charge is -2.18. The summed E-state index contributed by atoms with van der Waals surface area (Å²) in [5, 5.41) is 0. The van der Waals surface area contributed by atoms with Crippen LogP contribution in [0.15, 0.2) is 97.2 Å². The second-order valence-corrected chi connectivity index (χ2v) is 19.5. The van der Waals surface area contributed by atoms with E-state index in [1.54, 1.807) is 0 Å². The number of unbranched alkanes of at least 4 members (excludes halogenated alkanes) is 26. The lowest BCUT2D eigenvalue weighted by molar-refractivity contribution is -0.167. The first-order chi connectivity index (χ1) is 35.0. The van der Waals surface area contributed by atoms with Crippen LogP contribution < -0.4 is 0 Å². The number of esters is 3. The number of hydrogen-bond donors (Lipinski definition) is 0. The molecule has 1 atom stereocenters. The van der Waals surface area contributed by atoms with Crippen LogP contribution in [0.3, 0.4) is 0 Å². The number of carbonyl (C=O) groups excluding carboxylic acids is 3. The van der Waals surface area contributed by atoms with Crippen molar-refractivity contribution in [3.05, 3.63) is 97.2 Å². The molecule has 0 aromatic heterocycles. The van der Waals surface area contributed by atoms with E-state index in [1.165, 1.54) is 122 Å². The Kier molecular flexibility index (Phi) is 55.9. The van der Waals surface area contributed by atoms with Crippen LogP contribution in [0.4, 0.5) is 0 Å². The maximum atomic E-state index is 12.9. The molecule has 0 amide bonds.